The highest BCUT2D eigenvalue weighted by molar-refractivity contribution is 6.04. The Balaban J connectivity index is 0.00000144. The number of nitrogens with one attached hydrogen (secondary N) is 1. The molecule has 0 aliphatic heterocycles. The van der Waals surface area contributed by atoms with Crippen molar-refractivity contribution in [2.45, 2.75) is 32.7 Å². The van der Waals surface area contributed by atoms with Crippen molar-refractivity contribution in [2.75, 3.05) is 6.54 Å². The van der Waals surface area contributed by atoms with Crippen molar-refractivity contribution in [1.29, 1.82) is 0 Å². The molecule has 8 heteroatoms. The smallest absolute Gasteiger partial charge is 0.253 e. The fourth-order valence-electron chi connectivity index (χ4n) is 2.58. The summed E-state index contributed by atoms with van der Waals surface area (Å²) >= 11 is 0. The molecule has 3 N–H and O–H groups in total. The highest BCUT2D eigenvalue weighted by atomic mass is 35.5. The molecule has 1 atom stereocenters. The van der Waals surface area contributed by atoms with Crippen molar-refractivity contribution >= 4 is 41.8 Å². The summed E-state index contributed by atoms with van der Waals surface area (Å²) in [6.45, 7) is 4.01. The van der Waals surface area contributed by atoms with Crippen LogP contribution in [0.3, 0.4) is 0 Å². The number of nitrogens with zero attached hydrogens (tertiary/aromatic N) is 2. The number of hydrogen-bond acceptors (Lipinski definition) is 4. The second kappa shape index (κ2) is 8.05. The van der Waals surface area contributed by atoms with Crippen molar-refractivity contribution in [3.8, 4) is 0 Å². The SMILES string of the molecule is Cc1nc2cc(F)cc(C(=O)NC(CN)C3CC3)c2nc1C.Cl.Cl. The maximum atomic E-state index is 13.8. The highest BCUT2D eigenvalue weighted by Gasteiger charge is 2.31. The van der Waals surface area contributed by atoms with Crippen LogP contribution in [-0.4, -0.2) is 28.5 Å². The summed E-state index contributed by atoms with van der Waals surface area (Å²) in [4.78, 5) is 21.2. The molecule has 24 heavy (non-hydrogen) atoms. The van der Waals surface area contributed by atoms with Gasteiger partial charge in [-0.2, -0.15) is 0 Å². The Kier molecular flexibility index (Phi) is 6.89. The second-order valence-electron chi connectivity index (χ2n) is 5.87. The first kappa shape index (κ1) is 20.5. The molecule has 0 bridgehead atoms. The van der Waals surface area contributed by atoms with Gasteiger partial charge in [0.05, 0.1) is 22.5 Å². The maximum Gasteiger partial charge on any atom is 0.253 e. The molecule has 3 rings (SSSR count). The Labute approximate surface area is 152 Å². The molecule has 1 saturated carbocycles. The van der Waals surface area contributed by atoms with E-state index in [0.29, 0.717) is 23.5 Å². The van der Waals surface area contributed by atoms with E-state index in [4.69, 9.17) is 5.73 Å². The summed E-state index contributed by atoms with van der Waals surface area (Å²) in [5, 5.41) is 2.90. The largest absolute Gasteiger partial charge is 0.348 e. The highest BCUT2D eigenvalue weighted by Crippen LogP contribution is 2.32. The van der Waals surface area contributed by atoms with Crippen LogP contribution in [0.4, 0.5) is 4.39 Å². The third kappa shape index (κ3) is 4.12. The number of nitrogens with two attached hydrogens (primary N) is 1. The van der Waals surface area contributed by atoms with Crippen molar-refractivity contribution in [1.82, 2.24) is 15.3 Å². The normalized spacial score (nSPS) is 14.5. The zero-order valence-corrected chi connectivity index (χ0v) is 15.1. The molecule has 0 radical (unpaired) electrons. The molecule has 5 nitrogen and oxygen atoms in total. The molecule has 1 heterocycles. The minimum absolute atomic E-state index is 0. The van der Waals surface area contributed by atoms with Gasteiger partial charge in [0.15, 0.2) is 0 Å². The fraction of sp³-hybridized carbons (Fsp3) is 0.438. The number of amides is 1. The minimum atomic E-state index is -0.495. The first-order valence-corrected chi connectivity index (χ1v) is 7.45. The van der Waals surface area contributed by atoms with E-state index in [1.807, 2.05) is 13.8 Å². The zero-order valence-electron chi connectivity index (χ0n) is 13.5. The predicted octanol–water partition coefficient (Wildman–Crippen LogP) is 2.70. The average molecular weight is 375 g/mol. The van der Waals surface area contributed by atoms with Crippen molar-refractivity contribution in [2.24, 2.45) is 11.7 Å². The Morgan fingerprint density at radius 3 is 2.50 bits per heavy atom. The molecule has 132 valence electrons. The predicted molar refractivity (Wildman–Crippen MR) is 96.5 cm³/mol. The maximum absolute atomic E-state index is 13.8. The van der Waals surface area contributed by atoms with E-state index < -0.39 is 5.82 Å². The molecule has 0 saturated heterocycles. The van der Waals surface area contributed by atoms with Gasteiger partial charge in [0.25, 0.3) is 5.91 Å². The summed E-state index contributed by atoms with van der Waals surface area (Å²) in [5.41, 5.74) is 8.19. The van der Waals surface area contributed by atoms with Crippen molar-refractivity contribution in [3.63, 3.8) is 0 Å². The number of halogens is 3. The number of carbonyl (C=O) groups is 1. The van der Waals surface area contributed by atoms with E-state index in [1.165, 1.54) is 12.1 Å². The third-order valence-electron chi connectivity index (χ3n) is 4.15. The van der Waals surface area contributed by atoms with Gasteiger partial charge >= 0.3 is 0 Å². The molecule has 0 spiro atoms. The van der Waals surface area contributed by atoms with Gasteiger partial charge in [-0.15, -0.1) is 24.8 Å². The van der Waals surface area contributed by atoms with Crippen LogP contribution in [0.1, 0.15) is 34.6 Å². The van der Waals surface area contributed by atoms with Crippen LogP contribution in [0.25, 0.3) is 11.0 Å². The lowest BCUT2D eigenvalue weighted by Gasteiger charge is -2.16. The number of benzene rings is 1. The third-order valence-corrected chi connectivity index (χ3v) is 4.15. The number of carbonyl (C=O) groups excluding carboxylic acids is 1. The first-order valence-electron chi connectivity index (χ1n) is 7.45. The van der Waals surface area contributed by atoms with Gasteiger partial charge in [-0.3, -0.25) is 4.79 Å². The molecule has 1 fully saturated rings. The van der Waals surface area contributed by atoms with Crippen LogP contribution >= 0.6 is 24.8 Å². The molecular formula is C16H21Cl2FN4O. The van der Waals surface area contributed by atoms with Crippen molar-refractivity contribution < 1.29 is 9.18 Å². The van der Waals surface area contributed by atoms with Crippen LogP contribution in [0.5, 0.6) is 0 Å². The second-order valence-corrected chi connectivity index (χ2v) is 5.87. The summed E-state index contributed by atoms with van der Waals surface area (Å²) in [7, 11) is 0. The minimum Gasteiger partial charge on any atom is -0.348 e. The van der Waals surface area contributed by atoms with Gasteiger partial charge in [-0.05, 0) is 38.7 Å². The summed E-state index contributed by atoms with van der Waals surface area (Å²) in [5.74, 6) is -0.404. The molecule has 1 aromatic heterocycles. The van der Waals surface area contributed by atoms with E-state index in [9.17, 15) is 9.18 Å². The molecule has 2 aromatic rings. The average Bonchev–Trinajstić information content (AvgIpc) is 3.30. The number of rotatable bonds is 4. The van der Waals surface area contributed by atoms with E-state index in [0.717, 1.165) is 24.2 Å². The Hall–Kier alpha value is -1.50. The lowest BCUT2D eigenvalue weighted by molar-refractivity contribution is 0.0934. The molecule has 1 aromatic carbocycles. The molecule has 1 unspecified atom stereocenters. The van der Waals surface area contributed by atoms with Gasteiger partial charge in [-0.25, -0.2) is 14.4 Å². The topological polar surface area (TPSA) is 80.9 Å². The molecule has 1 aliphatic carbocycles. The number of aryl methyl sites for hydroxylation is 2. The zero-order chi connectivity index (χ0) is 15.9. The van der Waals surface area contributed by atoms with Crippen LogP contribution in [0, 0.1) is 25.6 Å². The molecular weight excluding hydrogens is 354 g/mol. The summed E-state index contributed by atoms with van der Waals surface area (Å²) in [6.07, 6.45) is 2.15. The lowest BCUT2D eigenvalue weighted by atomic mass is 10.1. The Bertz CT molecular complexity index is 752. The van der Waals surface area contributed by atoms with Crippen molar-refractivity contribution in [3.05, 3.63) is 34.9 Å². The first-order chi connectivity index (χ1) is 10.5. The van der Waals surface area contributed by atoms with Crippen LogP contribution in [0.15, 0.2) is 12.1 Å². The Morgan fingerprint density at radius 2 is 1.92 bits per heavy atom. The van der Waals surface area contributed by atoms with Gasteiger partial charge in [0, 0.05) is 18.7 Å². The van der Waals surface area contributed by atoms with E-state index >= 15 is 0 Å². The standard InChI is InChI=1S/C16H19FN4O.2ClH/c1-8-9(2)20-15-12(5-11(17)6-13(15)19-8)16(22)21-14(7-18)10-3-4-10;;/h5-6,10,14H,3-4,7,18H2,1-2H3,(H,21,22);2*1H. The fourth-order valence-corrected chi connectivity index (χ4v) is 2.58. The number of hydrogen-bond donors (Lipinski definition) is 2. The summed E-state index contributed by atoms with van der Waals surface area (Å²) < 4.78 is 13.8. The van der Waals surface area contributed by atoms with Gasteiger partial charge in [-0.1, -0.05) is 0 Å². The van der Waals surface area contributed by atoms with E-state index in [1.54, 1.807) is 0 Å². The number of fused-ring (bicyclic) bond motifs is 1. The Morgan fingerprint density at radius 1 is 1.29 bits per heavy atom. The van der Waals surface area contributed by atoms with Gasteiger partial charge < -0.3 is 11.1 Å². The van der Waals surface area contributed by atoms with Gasteiger partial charge in [0.1, 0.15) is 11.3 Å². The van der Waals surface area contributed by atoms with Crippen LogP contribution < -0.4 is 11.1 Å². The van der Waals surface area contributed by atoms with E-state index in [-0.39, 0.29) is 42.3 Å². The summed E-state index contributed by atoms with van der Waals surface area (Å²) in [6, 6.07) is 2.44. The quantitative estimate of drug-likeness (QED) is 0.861. The monoisotopic (exact) mass is 374 g/mol. The van der Waals surface area contributed by atoms with Gasteiger partial charge in [0.2, 0.25) is 0 Å². The van der Waals surface area contributed by atoms with Crippen LogP contribution in [0.2, 0.25) is 0 Å². The lowest BCUT2D eigenvalue weighted by Crippen LogP contribution is -2.41. The van der Waals surface area contributed by atoms with E-state index in [2.05, 4.69) is 15.3 Å². The molecule has 1 amide bonds. The van der Waals surface area contributed by atoms with Crippen LogP contribution in [-0.2, 0) is 0 Å². The number of aromatic nitrogens is 2. The molecule has 1 aliphatic rings.